The number of nitro groups is 1. The average molecular weight is 277 g/mol. The molecule has 108 valence electrons. The highest BCUT2D eigenvalue weighted by Crippen LogP contribution is 2.28. The Balaban J connectivity index is 1.50. The van der Waals surface area contributed by atoms with Crippen molar-refractivity contribution in [1.82, 2.24) is 9.88 Å². The van der Waals surface area contributed by atoms with Crippen molar-refractivity contribution < 1.29 is 9.66 Å². The minimum Gasteiger partial charge on any atom is -0.474 e. The third kappa shape index (κ3) is 2.90. The number of ether oxygens (including phenoxy) is 1. The van der Waals surface area contributed by atoms with Gasteiger partial charge in [0.25, 0.3) is 5.69 Å². The molecule has 0 radical (unpaired) electrons. The molecule has 0 spiro atoms. The predicted octanol–water partition coefficient (Wildman–Crippen LogP) is 2.39. The SMILES string of the molecule is O=[N+]([O-])c1ccc(OC2CCN(C3CCC3)CC2)nc1. The van der Waals surface area contributed by atoms with E-state index in [2.05, 4.69) is 9.88 Å². The zero-order valence-electron chi connectivity index (χ0n) is 11.4. The van der Waals surface area contributed by atoms with Crippen LogP contribution in [0.4, 0.5) is 5.69 Å². The van der Waals surface area contributed by atoms with Gasteiger partial charge in [-0.25, -0.2) is 4.98 Å². The maximum atomic E-state index is 10.6. The van der Waals surface area contributed by atoms with Crippen molar-refractivity contribution >= 4 is 5.69 Å². The van der Waals surface area contributed by atoms with E-state index in [4.69, 9.17) is 4.74 Å². The van der Waals surface area contributed by atoms with Crippen molar-refractivity contribution in [2.24, 2.45) is 0 Å². The largest absolute Gasteiger partial charge is 0.474 e. The number of likely N-dealkylation sites (tertiary alicyclic amines) is 1. The van der Waals surface area contributed by atoms with Crippen LogP contribution in [0.15, 0.2) is 18.3 Å². The van der Waals surface area contributed by atoms with Gasteiger partial charge in [0.15, 0.2) is 0 Å². The van der Waals surface area contributed by atoms with Gasteiger partial charge in [-0.2, -0.15) is 0 Å². The Labute approximate surface area is 117 Å². The number of piperidine rings is 1. The van der Waals surface area contributed by atoms with Crippen molar-refractivity contribution in [2.45, 2.75) is 44.2 Å². The highest BCUT2D eigenvalue weighted by Gasteiger charge is 2.29. The van der Waals surface area contributed by atoms with Crippen molar-refractivity contribution in [1.29, 1.82) is 0 Å². The van der Waals surface area contributed by atoms with Gasteiger partial charge >= 0.3 is 0 Å². The Morgan fingerprint density at radius 2 is 2.00 bits per heavy atom. The molecule has 1 aromatic rings. The molecular weight excluding hydrogens is 258 g/mol. The summed E-state index contributed by atoms with van der Waals surface area (Å²) in [7, 11) is 0. The second-order valence-corrected chi connectivity index (χ2v) is 5.55. The summed E-state index contributed by atoms with van der Waals surface area (Å²) in [5.74, 6) is 0.484. The van der Waals surface area contributed by atoms with Gasteiger partial charge in [0.1, 0.15) is 12.3 Å². The first-order valence-electron chi connectivity index (χ1n) is 7.23. The number of aromatic nitrogens is 1. The van der Waals surface area contributed by atoms with Crippen molar-refractivity contribution in [3.8, 4) is 5.88 Å². The number of rotatable bonds is 4. The lowest BCUT2D eigenvalue weighted by Gasteiger charge is -2.41. The van der Waals surface area contributed by atoms with Crippen LogP contribution in [0.1, 0.15) is 32.1 Å². The molecule has 0 aromatic carbocycles. The van der Waals surface area contributed by atoms with Crippen molar-refractivity contribution in [3.63, 3.8) is 0 Å². The molecule has 1 saturated heterocycles. The second kappa shape index (κ2) is 5.75. The van der Waals surface area contributed by atoms with E-state index in [9.17, 15) is 10.1 Å². The summed E-state index contributed by atoms with van der Waals surface area (Å²) in [4.78, 5) is 16.7. The molecule has 0 atom stereocenters. The van der Waals surface area contributed by atoms with Crippen LogP contribution in [0.5, 0.6) is 5.88 Å². The van der Waals surface area contributed by atoms with E-state index in [1.54, 1.807) is 6.07 Å². The van der Waals surface area contributed by atoms with Crippen LogP contribution in [-0.4, -0.2) is 40.0 Å². The quantitative estimate of drug-likeness (QED) is 0.624. The molecule has 20 heavy (non-hydrogen) atoms. The van der Waals surface area contributed by atoms with E-state index in [-0.39, 0.29) is 11.8 Å². The molecule has 0 N–H and O–H groups in total. The van der Waals surface area contributed by atoms with Crippen LogP contribution in [0.25, 0.3) is 0 Å². The number of pyridine rings is 1. The molecule has 2 fully saturated rings. The maximum absolute atomic E-state index is 10.6. The summed E-state index contributed by atoms with van der Waals surface area (Å²) in [6.07, 6.45) is 7.50. The van der Waals surface area contributed by atoms with Gasteiger partial charge in [-0.15, -0.1) is 0 Å². The Hall–Kier alpha value is -1.69. The first-order chi connectivity index (χ1) is 9.72. The molecule has 0 amide bonds. The molecule has 6 nitrogen and oxygen atoms in total. The molecule has 1 saturated carbocycles. The van der Waals surface area contributed by atoms with Crippen molar-refractivity contribution in [2.75, 3.05) is 13.1 Å². The zero-order valence-corrected chi connectivity index (χ0v) is 11.4. The fourth-order valence-corrected chi connectivity index (χ4v) is 2.83. The first kappa shape index (κ1) is 13.3. The Morgan fingerprint density at radius 3 is 2.50 bits per heavy atom. The van der Waals surface area contributed by atoms with Crippen LogP contribution in [-0.2, 0) is 0 Å². The van der Waals surface area contributed by atoms with Gasteiger partial charge in [0.05, 0.1) is 4.92 Å². The molecule has 0 bridgehead atoms. The van der Waals surface area contributed by atoms with E-state index in [0.29, 0.717) is 5.88 Å². The summed E-state index contributed by atoms with van der Waals surface area (Å²) >= 11 is 0. The number of nitrogens with zero attached hydrogens (tertiary/aromatic N) is 3. The van der Waals surface area contributed by atoms with Crippen LogP contribution in [0.3, 0.4) is 0 Å². The molecule has 2 aliphatic rings. The highest BCUT2D eigenvalue weighted by atomic mass is 16.6. The molecular formula is C14H19N3O3. The van der Waals surface area contributed by atoms with Gasteiger partial charge in [-0.05, 0) is 25.7 Å². The third-order valence-corrected chi connectivity index (χ3v) is 4.29. The van der Waals surface area contributed by atoms with Crippen LogP contribution >= 0.6 is 0 Å². The normalized spacial score (nSPS) is 21.4. The van der Waals surface area contributed by atoms with E-state index in [0.717, 1.165) is 32.0 Å². The summed E-state index contributed by atoms with van der Waals surface area (Å²) < 4.78 is 5.81. The van der Waals surface area contributed by atoms with Crippen LogP contribution in [0, 0.1) is 10.1 Å². The lowest BCUT2D eigenvalue weighted by Crippen LogP contribution is -2.46. The lowest BCUT2D eigenvalue weighted by atomic mass is 9.90. The zero-order chi connectivity index (χ0) is 13.9. The standard InChI is InChI=1S/C14H19N3O3/c18-17(19)12-4-5-14(15-10-12)20-13-6-8-16(9-7-13)11-2-1-3-11/h4-5,10-11,13H,1-3,6-9H2. The van der Waals surface area contributed by atoms with E-state index >= 15 is 0 Å². The van der Waals surface area contributed by atoms with Crippen LogP contribution in [0.2, 0.25) is 0 Å². The average Bonchev–Trinajstić information content (AvgIpc) is 2.39. The van der Waals surface area contributed by atoms with E-state index < -0.39 is 4.92 Å². The molecule has 1 aromatic heterocycles. The molecule has 6 heteroatoms. The molecule has 0 unspecified atom stereocenters. The van der Waals surface area contributed by atoms with Gasteiger partial charge in [0, 0.05) is 31.3 Å². The van der Waals surface area contributed by atoms with Gasteiger partial charge in [-0.1, -0.05) is 6.42 Å². The molecule has 3 rings (SSSR count). The number of hydrogen-bond acceptors (Lipinski definition) is 5. The number of hydrogen-bond donors (Lipinski definition) is 0. The molecule has 1 aliphatic carbocycles. The second-order valence-electron chi connectivity index (χ2n) is 5.55. The summed E-state index contributed by atoms with van der Waals surface area (Å²) in [6, 6.07) is 3.82. The fourth-order valence-electron chi connectivity index (χ4n) is 2.83. The lowest BCUT2D eigenvalue weighted by molar-refractivity contribution is -0.385. The predicted molar refractivity (Wildman–Crippen MR) is 73.8 cm³/mol. The minimum absolute atomic E-state index is 0.00264. The van der Waals surface area contributed by atoms with Crippen LogP contribution < -0.4 is 4.74 Å². The fraction of sp³-hybridized carbons (Fsp3) is 0.643. The Kier molecular flexibility index (Phi) is 3.82. The maximum Gasteiger partial charge on any atom is 0.287 e. The smallest absolute Gasteiger partial charge is 0.287 e. The molecule has 1 aliphatic heterocycles. The van der Waals surface area contributed by atoms with Gasteiger partial charge < -0.3 is 9.64 Å². The first-order valence-corrected chi connectivity index (χ1v) is 7.23. The van der Waals surface area contributed by atoms with Crippen molar-refractivity contribution in [3.05, 3.63) is 28.4 Å². The molecule has 2 heterocycles. The summed E-state index contributed by atoms with van der Waals surface area (Å²) in [5, 5.41) is 10.6. The van der Waals surface area contributed by atoms with Gasteiger partial charge in [0.2, 0.25) is 5.88 Å². The summed E-state index contributed by atoms with van der Waals surface area (Å²) in [5.41, 5.74) is -0.00264. The third-order valence-electron chi connectivity index (χ3n) is 4.29. The highest BCUT2D eigenvalue weighted by molar-refractivity contribution is 5.28. The van der Waals surface area contributed by atoms with E-state index in [1.165, 1.54) is 31.5 Å². The monoisotopic (exact) mass is 277 g/mol. The topological polar surface area (TPSA) is 68.5 Å². The minimum atomic E-state index is -0.451. The van der Waals surface area contributed by atoms with E-state index in [1.807, 2.05) is 0 Å². The van der Waals surface area contributed by atoms with Gasteiger partial charge in [-0.3, -0.25) is 10.1 Å². The Morgan fingerprint density at radius 1 is 1.25 bits per heavy atom. The Bertz CT molecular complexity index is 465. The summed E-state index contributed by atoms with van der Waals surface area (Å²) in [6.45, 7) is 2.17.